The van der Waals surface area contributed by atoms with E-state index < -0.39 is 0 Å². The van der Waals surface area contributed by atoms with Gasteiger partial charge in [-0.3, -0.25) is 10.2 Å². The Hall–Kier alpha value is -3.87. The highest BCUT2D eigenvalue weighted by Crippen LogP contribution is 2.41. The van der Waals surface area contributed by atoms with Crippen LogP contribution in [0.15, 0.2) is 82.8 Å². The number of rotatable bonds is 13. The molecule has 1 aromatic heterocycles. The number of azo groups is 1. The standard InChI is InChI=1S/C35H44N6O/c1-35(2)25-31(38-39-34(35)27-17-10-9-11-18-27)37-32(42)20-12-7-5-3-4-6-8-15-23-41-30(36)24-28-22-21-26-16-13-14-19-29(26)33(28)40-41/h9-11,13-14,16-19,24-25,34,36H,3-8,12,15,20-23H2,1-2H3,(H,37,42). The number of nitrogens with one attached hydrogen (secondary N) is 2. The Morgan fingerprint density at radius 3 is 2.33 bits per heavy atom. The van der Waals surface area contributed by atoms with Gasteiger partial charge in [-0.05, 0) is 54.5 Å². The summed E-state index contributed by atoms with van der Waals surface area (Å²) in [5.41, 5.74) is 6.26. The van der Waals surface area contributed by atoms with Crippen LogP contribution in [0.5, 0.6) is 0 Å². The van der Waals surface area contributed by atoms with E-state index in [9.17, 15) is 4.79 Å². The number of carbonyl (C=O) groups excluding carboxylic acids is 1. The average molecular weight is 565 g/mol. The molecule has 2 aromatic carbocycles. The Balaban J connectivity index is 0.942. The van der Waals surface area contributed by atoms with E-state index in [-0.39, 0.29) is 17.4 Å². The Morgan fingerprint density at radius 1 is 0.905 bits per heavy atom. The lowest BCUT2D eigenvalue weighted by Crippen LogP contribution is -2.28. The molecule has 7 heteroatoms. The first kappa shape index (κ1) is 29.6. The lowest BCUT2D eigenvalue weighted by atomic mass is 9.80. The molecule has 2 heterocycles. The monoisotopic (exact) mass is 564 g/mol. The number of carbonyl (C=O) groups is 1. The molecule has 1 aliphatic heterocycles. The molecule has 1 unspecified atom stereocenters. The lowest BCUT2D eigenvalue weighted by molar-refractivity contribution is -0.120. The summed E-state index contributed by atoms with van der Waals surface area (Å²) in [6, 6.07) is 20.7. The first-order valence-corrected chi connectivity index (χ1v) is 15.6. The second-order valence-electron chi connectivity index (χ2n) is 12.3. The fourth-order valence-corrected chi connectivity index (χ4v) is 6.11. The van der Waals surface area contributed by atoms with Gasteiger partial charge in [-0.15, -0.1) is 5.11 Å². The predicted molar refractivity (Wildman–Crippen MR) is 167 cm³/mol. The van der Waals surface area contributed by atoms with Crippen LogP contribution < -0.4 is 10.8 Å². The summed E-state index contributed by atoms with van der Waals surface area (Å²) in [7, 11) is 0. The molecule has 220 valence electrons. The summed E-state index contributed by atoms with van der Waals surface area (Å²) in [5.74, 6) is 0.572. The first-order chi connectivity index (χ1) is 20.4. The number of aromatic nitrogens is 2. The van der Waals surface area contributed by atoms with E-state index in [2.05, 4.69) is 65.8 Å². The Bertz CT molecular complexity index is 1490. The van der Waals surface area contributed by atoms with Crippen molar-refractivity contribution in [3.8, 4) is 11.3 Å². The Kier molecular flexibility index (Phi) is 9.78. The second-order valence-corrected chi connectivity index (χ2v) is 12.3. The van der Waals surface area contributed by atoms with Crippen LogP contribution in [0.2, 0.25) is 0 Å². The largest absolute Gasteiger partial charge is 0.309 e. The van der Waals surface area contributed by atoms with Crippen molar-refractivity contribution >= 4 is 5.91 Å². The molecule has 1 amide bonds. The molecular weight excluding hydrogens is 520 g/mol. The Labute approximate surface area is 249 Å². The van der Waals surface area contributed by atoms with Gasteiger partial charge in [0.1, 0.15) is 11.5 Å². The summed E-state index contributed by atoms with van der Waals surface area (Å²) < 4.78 is 1.87. The zero-order valence-electron chi connectivity index (χ0n) is 25.1. The van der Waals surface area contributed by atoms with Crippen molar-refractivity contribution in [3.63, 3.8) is 0 Å². The van der Waals surface area contributed by atoms with Crippen LogP contribution in [0.3, 0.4) is 0 Å². The molecule has 42 heavy (non-hydrogen) atoms. The van der Waals surface area contributed by atoms with E-state index in [1.165, 1.54) is 36.0 Å². The highest BCUT2D eigenvalue weighted by molar-refractivity contribution is 5.77. The minimum Gasteiger partial charge on any atom is -0.309 e. The third-order valence-electron chi connectivity index (χ3n) is 8.45. The van der Waals surface area contributed by atoms with Gasteiger partial charge in [0.05, 0.1) is 5.69 Å². The maximum absolute atomic E-state index is 12.5. The molecule has 0 spiro atoms. The predicted octanol–water partition coefficient (Wildman–Crippen LogP) is 7.83. The minimum absolute atomic E-state index is 0.0136. The van der Waals surface area contributed by atoms with Crippen LogP contribution in [0.4, 0.5) is 0 Å². The van der Waals surface area contributed by atoms with Crippen molar-refractivity contribution in [1.82, 2.24) is 15.1 Å². The van der Waals surface area contributed by atoms with E-state index in [0.717, 1.165) is 62.7 Å². The van der Waals surface area contributed by atoms with Gasteiger partial charge in [0, 0.05) is 23.9 Å². The molecule has 2 N–H and O–H groups in total. The number of unbranched alkanes of at least 4 members (excludes halogenated alkanes) is 7. The van der Waals surface area contributed by atoms with Crippen molar-refractivity contribution in [2.24, 2.45) is 15.6 Å². The SMILES string of the molecule is CC1(C)C=C(NC(=O)CCCCCCCCCCn2nc3c(cc2=N)CCc2ccccc2-3)N=NC1c1ccccc1. The first-order valence-electron chi connectivity index (χ1n) is 15.6. The van der Waals surface area contributed by atoms with Gasteiger partial charge in [0.2, 0.25) is 5.91 Å². The van der Waals surface area contributed by atoms with Gasteiger partial charge in [-0.2, -0.15) is 10.2 Å². The lowest BCUT2D eigenvalue weighted by Gasteiger charge is -2.31. The van der Waals surface area contributed by atoms with E-state index in [4.69, 9.17) is 10.5 Å². The topological polar surface area (TPSA) is 95.5 Å². The van der Waals surface area contributed by atoms with Gasteiger partial charge in [0.15, 0.2) is 5.82 Å². The Morgan fingerprint density at radius 2 is 1.57 bits per heavy atom. The molecule has 7 nitrogen and oxygen atoms in total. The molecule has 0 radical (unpaired) electrons. The minimum atomic E-state index is -0.225. The number of benzene rings is 2. The average Bonchev–Trinajstić information content (AvgIpc) is 2.98. The summed E-state index contributed by atoms with van der Waals surface area (Å²) >= 11 is 0. The van der Waals surface area contributed by atoms with Gasteiger partial charge < -0.3 is 5.32 Å². The number of aryl methyl sites for hydroxylation is 3. The van der Waals surface area contributed by atoms with Gasteiger partial charge in [-0.1, -0.05) is 107 Å². The van der Waals surface area contributed by atoms with Crippen LogP contribution in [0.25, 0.3) is 11.3 Å². The van der Waals surface area contributed by atoms with E-state index >= 15 is 0 Å². The summed E-state index contributed by atoms with van der Waals surface area (Å²) in [6.07, 6.45) is 13.4. The smallest absolute Gasteiger partial charge is 0.225 e. The molecule has 0 saturated heterocycles. The van der Waals surface area contributed by atoms with Gasteiger partial charge in [0.25, 0.3) is 0 Å². The summed E-state index contributed by atoms with van der Waals surface area (Å²) in [4.78, 5) is 12.5. The fourth-order valence-electron chi connectivity index (χ4n) is 6.11. The van der Waals surface area contributed by atoms with Crippen LogP contribution in [0.1, 0.15) is 94.4 Å². The van der Waals surface area contributed by atoms with Crippen molar-refractivity contribution < 1.29 is 4.79 Å². The number of hydrogen-bond acceptors (Lipinski definition) is 5. The third kappa shape index (κ3) is 7.50. The van der Waals surface area contributed by atoms with Crippen LogP contribution >= 0.6 is 0 Å². The van der Waals surface area contributed by atoms with Crippen LogP contribution in [-0.2, 0) is 24.2 Å². The number of amides is 1. The second kappa shape index (κ2) is 13.9. The summed E-state index contributed by atoms with van der Waals surface area (Å²) in [5, 5.41) is 25.1. The molecular formula is C35H44N6O. The highest BCUT2D eigenvalue weighted by atomic mass is 16.1. The van der Waals surface area contributed by atoms with Crippen molar-refractivity contribution in [1.29, 1.82) is 5.41 Å². The van der Waals surface area contributed by atoms with Crippen molar-refractivity contribution in [2.75, 3.05) is 0 Å². The van der Waals surface area contributed by atoms with Gasteiger partial charge >= 0.3 is 0 Å². The van der Waals surface area contributed by atoms with Crippen LogP contribution in [-0.4, -0.2) is 15.7 Å². The van der Waals surface area contributed by atoms with E-state index in [1.807, 2.05) is 35.0 Å². The third-order valence-corrected chi connectivity index (χ3v) is 8.45. The van der Waals surface area contributed by atoms with Crippen LogP contribution in [0, 0.1) is 10.8 Å². The maximum Gasteiger partial charge on any atom is 0.225 e. The zero-order valence-corrected chi connectivity index (χ0v) is 25.1. The number of nitrogens with zero attached hydrogens (tertiary/aromatic N) is 4. The van der Waals surface area contributed by atoms with E-state index in [0.29, 0.717) is 17.7 Å². The molecule has 0 saturated carbocycles. The van der Waals surface area contributed by atoms with Crippen molar-refractivity contribution in [2.45, 2.75) is 97.1 Å². The highest BCUT2D eigenvalue weighted by Gasteiger charge is 2.32. The molecule has 1 aliphatic carbocycles. The molecule has 2 aliphatic rings. The van der Waals surface area contributed by atoms with Crippen molar-refractivity contribution in [3.05, 3.63) is 94.7 Å². The fraction of sp³-hybridized carbons (Fsp3) is 0.457. The molecule has 0 fully saturated rings. The van der Waals surface area contributed by atoms with E-state index in [1.54, 1.807) is 0 Å². The molecule has 5 rings (SSSR count). The number of fused-ring (bicyclic) bond motifs is 3. The molecule has 1 atom stereocenters. The van der Waals surface area contributed by atoms with Gasteiger partial charge in [-0.25, -0.2) is 4.68 Å². The quantitative estimate of drug-likeness (QED) is 0.207. The molecule has 3 aromatic rings. The maximum atomic E-state index is 12.5. The normalized spacial score (nSPS) is 16.8. The number of hydrogen-bond donors (Lipinski definition) is 2. The summed E-state index contributed by atoms with van der Waals surface area (Å²) in [6.45, 7) is 5.05. The zero-order chi connectivity index (χ0) is 29.4. The molecule has 0 bridgehead atoms.